The number of rotatable bonds is 3. The first-order valence-corrected chi connectivity index (χ1v) is 8.49. The maximum absolute atomic E-state index is 12.2. The lowest BCUT2D eigenvalue weighted by Gasteiger charge is -2.10. The van der Waals surface area contributed by atoms with Gasteiger partial charge in [0, 0.05) is 14.6 Å². The van der Waals surface area contributed by atoms with E-state index in [0.29, 0.717) is 26.0 Å². The molecule has 0 heterocycles. The third-order valence-corrected chi connectivity index (χ3v) is 5.23. The van der Waals surface area contributed by atoms with Gasteiger partial charge in [-0.15, -0.1) is 0 Å². The van der Waals surface area contributed by atoms with Crippen LogP contribution in [0.3, 0.4) is 0 Å². The predicted molar refractivity (Wildman–Crippen MR) is 87.9 cm³/mol. The maximum Gasteiger partial charge on any atom is 0.261 e. The molecule has 5 N–H and O–H groups in total. The largest absolute Gasteiger partial charge is 0.399 e. The Bertz CT molecular complexity index is 723. The molecule has 2 aromatic rings. The number of benzene rings is 2. The van der Waals surface area contributed by atoms with Gasteiger partial charge in [0.2, 0.25) is 0 Å². The van der Waals surface area contributed by atoms with Crippen LogP contribution < -0.4 is 16.2 Å². The average Bonchev–Trinajstić information content (AvgIpc) is 2.36. The van der Waals surface area contributed by atoms with Crippen LogP contribution in [0.1, 0.15) is 0 Å². The van der Waals surface area contributed by atoms with Gasteiger partial charge in [-0.05, 0) is 68.3 Å². The van der Waals surface area contributed by atoms with E-state index in [1.54, 1.807) is 12.1 Å². The smallest absolute Gasteiger partial charge is 0.261 e. The number of hydrogen-bond acceptors (Lipinski definition) is 4. The van der Waals surface area contributed by atoms with Crippen LogP contribution in [0.4, 0.5) is 17.1 Å². The first-order chi connectivity index (χ1) is 9.29. The van der Waals surface area contributed by atoms with Gasteiger partial charge in [0.25, 0.3) is 10.0 Å². The Hall–Kier alpha value is -1.25. The van der Waals surface area contributed by atoms with Gasteiger partial charge in [-0.1, -0.05) is 0 Å². The van der Waals surface area contributed by atoms with Crippen molar-refractivity contribution in [3.05, 3.63) is 45.3 Å². The van der Waals surface area contributed by atoms with Crippen molar-refractivity contribution in [3.8, 4) is 0 Å². The van der Waals surface area contributed by atoms with Crippen LogP contribution in [-0.2, 0) is 10.0 Å². The molecule has 0 bridgehead atoms. The molecule has 20 heavy (non-hydrogen) atoms. The molecule has 0 radical (unpaired) electrons. The molecule has 0 atom stereocenters. The van der Waals surface area contributed by atoms with Crippen molar-refractivity contribution >= 4 is 58.9 Å². The third-order valence-electron chi connectivity index (χ3n) is 2.52. The standard InChI is InChI=1S/C12H11Br2N3O2S/c13-10-5-8(6-11(14)12(10)16)17-20(18,19)9-3-1-7(15)2-4-9/h1-6,17H,15-16H2. The molecule has 0 fully saturated rings. The van der Waals surface area contributed by atoms with Crippen LogP contribution >= 0.6 is 31.9 Å². The molecule has 0 spiro atoms. The number of hydrogen-bond donors (Lipinski definition) is 3. The Labute approximate surface area is 133 Å². The lowest BCUT2D eigenvalue weighted by molar-refractivity contribution is 0.601. The summed E-state index contributed by atoms with van der Waals surface area (Å²) in [5, 5.41) is 0. The van der Waals surface area contributed by atoms with E-state index < -0.39 is 10.0 Å². The Kier molecular flexibility index (Phi) is 4.26. The van der Waals surface area contributed by atoms with Crippen molar-refractivity contribution in [2.45, 2.75) is 4.90 Å². The number of nitrogens with two attached hydrogens (primary N) is 2. The summed E-state index contributed by atoms with van der Waals surface area (Å²) in [5.41, 5.74) is 12.7. The minimum Gasteiger partial charge on any atom is -0.399 e. The second-order valence-corrected chi connectivity index (χ2v) is 7.42. The van der Waals surface area contributed by atoms with Crippen molar-refractivity contribution in [1.82, 2.24) is 0 Å². The van der Waals surface area contributed by atoms with Gasteiger partial charge in [0.1, 0.15) is 0 Å². The number of halogens is 2. The zero-order chi connectivity index (χ0) is 14.9. The zero-order valence-corrected chi connectivity index (χ0v) is 14.1. The summed E-state index contributed by atoms with van der Waals surface area (Å²) in [7, 11) is -3.66. The highest BCUT2D eigenvalue weighted by molar-refractivity contribution is 9.11. The highest BCUT2D eigenvalue weighted by Gasteiger charge is 2.15. The lowest BCUT2D eigenvalue weighted by Crippen LogP contribution is -2.13. The van der Waals surface area contributed by atoms with Gasteiger partial charge in [-0.3, -0.25) is 4.72 Å². The molecular formula is C12H11Br2N3O2S. The van der Waals surface area contributed by atoms with Crippen LogP contribution in [0.2, 0.25) is 0 Å². The quantitative estimate of drug-likeness (QED) is 0.664. The van der Waals surface area contributed by atoms with Crippen LogP contribution in [0.5, 0.6) is 0 Å². The minimum absolute atomic E-state index is 0.135. The van der Waals surface area contributed by atoms with Crippen LogP contribution in [0, 0.1) is 0 Å². The second-order valence-electron chi connectivity index (χ2n) is 4.03. The van der Waals surface area contributed by atoms with E-state index in [-0.39, 0.29) is 4.90 Å². The minimum atomic E-state index is -3.66. The number of anilines is 3. The maximum atomic E-state index is 12.2. The second kappa shape index (κ2) is 5.63. The normalized spacial score (nSPS) is 11.3. The predicted octanol–water partition coefficient (Wildman–Crippen LogP) is 3.18. The molecule has 0 saturated heterocycles. The zero-order valence-electron chi connectivity index (χ0n) is 10.1. The summed E-state index contributed by atoms with van der Waals surface area (Å²) < 4.78 is 28.1. The van der Waals surface area contributed by atoms with Gasteiger partial charge in [0.15, 0.2) is 0 Å². The third kappa shape index (κ3) is 3.25. The molecule has 0 aliphatic rings. The fourth-order valence-electron chi connectivity index (χ4n) is 1.50. The van der Waals surface area contributed by atoms with Gasteiger partial charge < -0.3 is 11.5 Å². The Balaban J connectivity index is 2.36. The summed E-state index contributed by atoms with van der Waals surface area (Å²) in [6.45, 7) is 0. The number of sulfonamides is 1. The molecule has 8 heteroatoms. The number of nitrogens with one attached hydrogen (secondary N) is 1. The Morgan fingerprint density at radius 3 is 1.95 bits per heavy atom. The molecule has 0 amide bonds. The van der Waals surface area contributed by atoms with Gasteiger partial charge in [-0.25, -0.2) is 8.42 Å². The van der Waals surface area contributed by atoms with E-state index in [0.717, 1.165) is 0 Å². The van der Waals surface area contributed by atoms with E-state index in [1.165, 1.54) is 24.3 Å². The highest BCUT2D eigenvalue weighted by Crippen LogP contribution is 2.32. The van der Waals surface area contributed by atoms with E-state index in [4.69, 9.17) is 11.5 Å². The average molecular weight is 421 g/mol. The first-order valence-electron chi connectivity index (χ1n) is 5.42. The molecule has 0 aliphatic heterocycles. The molecule has 2 rings (SSSR count). The molecular weight excluding hydrogens is 410 g/mol. The van der Waals surface area contributed by atoms with Gasteiger partial charge in [0.05, 0.1) is 16.3 Å². The highest BCUT2D eigenvalue weighted by atomic mass is 79.9. The van der Waals surface area contributed by atoms with Crippen LogP contribution in [0.25, 0.3) is 0 Å². The first kappa shape index (κ1) is 15.1. The molecule has 0 saturated carbocycles. The molecule has 0 unspecified atom stereocenters. The van der Waals surface area contributed by atoms with E-state index >= 15 is 0 Å². The molecule has 2 aromatic carbocycles. The van der Waals surface area contributed by atoms with Gasteiger partial charge >= 0.3 is 0 Å². The van der Waals surface area contributed by atoms with Crippen LogP contribution in [0.15, 0.2) is 50.2 Å². The van der Waals surface area contributed by atoms with E-state index in [9.17, 15) is 8.42 Å². The van der Waals surface area contributed by atoms with Crippen LogP contribution in [-0.4, -0.2) is 8.42 Å². The monoisotopic (exact) mass is 419 g/mol. The SMILES string of the molecule is Nc1ccc(S(=O)(=O)Nc2cc(Br)c(N)c(Br)c2)cc1. The number of nitrogen functional groups attached to an aromatic ring is 2. The molecule has 106 valence electrons. The van der Waals surface area contributed by atoms with Crippen molar-refractivity contribution in [3.63, 3.8) is 0 Å². The summed E-state index contributed by atoms with van der Waals surface area (Å²) in [4.78, 5) is 0.135. The molecule has 5 nitrogen and oxygen atoms in total. The molecule has 0 aliphatic carbocycles. The van der Waals surface area contributed by atoms with E-state index in [1.807, 2.05) is 0 Å². The van der Waals surface area contributed by atoms with E-state index in [2.05, 4.69) is 36.6 Å². The summed E-state index contributed by atoms with van der Waals surface area (Å²) in [6.07, 6.45) is 0. The van der Waals surface area contributed by atoms with Crippen molar-refractivity contribution in [2.75, 3.05) is 16.2 Å². The molecule has 0 aromatic heterocycles. The topological polar surface area (TPSA) is 98.2 Å². The lowest BCUT2D eigenvalue weighted by atomic mass is 10.3. The van der Waals surface area contributed by atoms with Crippen molar-refractivity contribution < 1.29 is 8.42 Å². The summed E-state index contributed by atoms with van der Waals surface area (Å²) in [5.74, 6) is 0. The van der Waals surface area contributed by atoms with Crippen molar-refractivity contribution in [2.24, 2.45) is 0 Å². The van der Waals surface area contributed by atoms with Crippen molar-refractivity contribution in [1.29, 1.82) is 0 Å². The summed E-state index contributed by atoms with van der Waals surface area (Å²) in [6, 6.07) is 9.13. The van der Waals surface area contributed by atoms with Gasteiger partial charge in [-0.2, -0.15) is 0 Å². The Morgan fingerprint density at radius 1 is 0.950 bits per heavy atom. The fraction of sp³-hybridized carbons (Fsp3) is 0. The Morgan fingerprint density at radius 2 is 1.45 bits per heavy atom. The fourth-order valence-corrected chi connectivity index (χ4v) is 3.73. The summed E-state index contributed by atoms with van der Waals surface area (Å²) >= 11 is 6.53.